The molecule has 0 aromatic heterocycles. The number of carbonyl (C=O) groups is 2. The molecule has 3 aromatic carbocycles. The number of nitrogens with zero attached hydrogens (tertiary/aromatic N) is 4. The molecule has 0 saturated carbocycles. The summed E-state index contributed by atoms with van der Waals surface area (Å²) in [5.41, 5.74) is 11.3. The second-order valence-electron chi connectivity index (χ2n) is 10.1. The quantitative estimate of drug-likeness (QED) is 0.440. The Bertz CT molecular complexity index is 1380. The molecule has 3 aromatic rings. The minimum Gasteiger partial charge on any atom is -0.326 e. The molecule has 9 heteroatoms. The lowest BCUT2D eigenvalue weighted by atomic mass is 9.90. The Morgan fingerprint density at radius 3 is 2.41 bits per heavy atom. The molecule has 5 rings (SSSR count). The van der Waals surface area contributed by atoms with Crippen molar-refractivity contribution in [1.82, 2.24) is 9.80 Å². The zero-order valence-corrected chi connectivity index (χ0v) is 23.0. The Morgan fingerprint density at radius 1 is 1.05 bits per heavy atom. The fourth-order valence-corrected chi connectivity index (χ4v) is 5.12. The molecule has 1 unspecified atom stereocenters. The first-order chi connectivity index (χ1) is 18.8. The van der Waals surface area contributed by atoms with Gasteiger partial charge in [-0.3, -0.25) is 19.5 Å². The predicted molar refractivity (Wildman–Crippen MR) is 157 cm³/mol. The van der Waals surface area contributed by atoms with Crippen molar-refractivity contribution >= 4 is 46.2 Å². The number of piperazine rings is 1. The minimum absolute atomic E-state index is 0.0504. The van der Waals surface area contributed by atoms with Crippen molar-refractivity contribution in [2.24, 2.45) is 10.7 Å². The van der Waals surface area contributed by atoms with E-state index in [0.717, 1.165) is 48.6 Å². The number of benzene rings is 3. The van der Waals surface area contributed by atoms with Crippen LogP contribution < -0.4 is 16.0 Å². The maximum atomic E-state index is 13.2. The van der Waals surface area contributed by atoms with Gasteiger partial charge in [0.2, 0.25) is 11.8 Å². The van der Waals surface area contributed by atoms with Gasteiger partial charge in [0, 0.05) is 56.2 Å². The number of hydrogen-bond acceptors (Lipinski definition) is 6. The van der Waals surface area contributed by atoms with Crippen LogP contribution in [0.5, 0.6) is 0 Å². The van der Waals surface area contributed by atoms with Crippen LogP contribution in [0.3, 0.4) is 0 Å². The highest BCUT2D eigenvalue weighted by Gasteiger charge is 2.35. The van der Waals surface area contributed by atoms with Crippen LogP contribution in [-0.2, 0) is 16.1 Å². The lowest BCUT2D eigenvalue weighted by Gasteiger charge is -2.32. The fraction of sp³-hybridized carbons (Fsp3) is 0.300. The first-order valence-electron chi connectivity index (χ1n) is 13.1. The Labute approximate surface area is 234 Å². The van der Waals surface area contributed by atoms with Crippen molar-refractivity contribution in [3.05, 3.63) is 88.4 Å². The van der Waals surface area contributed by atoms with Gasteiger partial charge in [-0.25, -0.2) is 0 Å². The number of fused-ring (bicyclic) bond motifs is 1. The zero-order chi connectivity index (χ0) is 27.5. The van der Waals surface area contributed by atoms with E-state index in [4.69, 9.17) is 22.3 Å². The number of nitrogens with two attached hydrogens (primary N) is 1. The third-order valence-corrected chi connectivity index (χ3v) is 7.66. The van der Waals surface area contributed by atoms with Crippen molar-refractivity contribution in [2.45, 2.75) is 12.5 Å². The molecule has 2 aliphatic heterocycles. The van der Waals surface area contributed by atoms with Gasteiger partial charge in [0.05, 0.1) is 17.9 Å². The summed E-state index contributed by atoms with van der Waals surface area (Å²) in [4.78, 5) is 37.2. The molecule has 1 fully saturated rings. The van der Waals surface area contributed by atoms with Crippen molar-refractivity contribution < 1.29 is 9.59 Å². The van der Waals surface area contributed by atoms with Gasteiger partial charge in [0.25, 0.3) is 0 Å². The molecule has 202 valence electrons. The molecule has 2 aliphatic rings. The third kappa shape index (κ3) is 6.04. The molecule has 0 radical (unpaired) electrons. The van der Waals surface area contributed by atoms with Crippen LogP contribution in [0.15, 0.2) is 71.7 Å². The minimum atomic E-state index is -0.589. The smallest absolute Gasteiger partial charge is 0.240 e. The van der Waals surface area contributed by atoms with Gasteiger partial charge in [-0.15, -0.1) is 0 Å². The van der Waals surface area contributed by atoms with Gasteiger partial charge < -0.3 is 20.9 Å². The van der Waals surface area contributed by atoms with E-state index in [-0.39, 0.29) is 11.8 Å². The molecule has 0 spiro atoms. The molecule has 1 atom stereocenters. The molecule has 8 nitrogen and oxygen atoms in total. The molecule has 3 N–H and O–H groups in total. The summed E-state index contributed by atoms with van der Waals surface area (Å²) in [6, 6.07) is 20.7. The lowest BCUT2D eigenvalue weighted by Crippen LogP contribution is -2.48. The number of halogens is 1. The molecular weight excluding hydrogens is 512 g/mol. The van der Waals surface area contributed by atoms with Crippen LogP contribution in [0.1, 0.15) is 22.6 Å². The van der Waals surface area contributed by atoms with Crippen molar-refractivity contribution in [3.8, 4) is 0 Å². The third-order valence-electron chi connectivity index (χ3n) is 7.42. The zero-order valence-electron chi connectivity index (χ0n) is 22.2. The summed E-state index contributed by atoms with van der Waals surface area (Å²) < 4.78 is 0. The summed E-state index contributed by atoms with van der Waals surface area (Å²) in [6.45, 7) is 4.55. The number of nitrogens with one attached hydrogen (secondary N) is 1. The van der Waals surface area contributed by atoms with Crippen molar-refractivity contribution in [3.63, 3.8) is 0 Å². The Hall–Kier alpha value is -3.56. The van der Waals surface area contributed by atoms with Crippen molar-refractivity contribution in [1.29, 1.82) is 0 Å². The number of aliphatic imine (C=N–C) groups is 1. The molecular formula is C30H33ClN6O2. The summed E-state index contributed by atoms with van der Waals surface area (Å²) in [5.74, 6) is -0.692. The number of carbonyl (C=O) groups excluding carboxylic acids is 2. The first kappa shape index (κ1) is 27.0. The maximum Gasteiger partial charge on any atom is 0.240 e. The monoisotopic (exact) mass is 544 g/mol. The molecule has 39 heavy (non-hydrogen) atoms. The van der Waals surface area contributed by atoms with Crippen LogP contribution in [0.2, 0.25) is 5.02 Å². The first-order valence-corrected chi connectivity index (χ1v) is 13.5. The number of amides is 2. The second-order valence-corrected chi connectivity index (χ2v) is 10.5. The molecule has 0 bridgehead atoms. The van der Waals surface area contributed by atoms with Crippen LogP contribution in [0.25, 0.3) is 0 Å². The second kappa shape index (κ2) is 11.7. The van der Waals surface area contributed by atoms with E-state index in [9.17, 15) is 9.59 Å². The number of hydrogen-bond donors (Lipinski definition) is 2. The predicted octanol–water partition coefficient (Wildman–Crippen LogP) is 3.87. The van der Waals surface area contributed by atoms with E-state index in [1.54, 1.807) is 24.1 Å². The SMILES string of the molecule is CN1CCN(CC(=O)N(C)c2ccc(N=C(c3ccc(CN)cc3)C3C(=O)Nc4cc(Cl)ccc43)cc2)CC1. The summed E-state index contributed by atoms with van der Waals surface area (Å²) in [5, 5.41) is 3.50. The highest BCUT2D eigenvalue weighted by atomic mass is 35.5. The average molecular weight is 545 g/mol. The normalized spacial score (nSPS) is 18.1. The van der Waals surface area contributed by atoms with E-state index < -0.39 is 5.92 Å². The molecule has 2 amide bonds. The van der Waals surface area contributed by atoms with Crippen molar-refractivity contribution in [2.75, 3.05) is 57.0 Å². The standard InChI is InChI=1S/C30H33ClN6O2/c1-35-13-15-37(16-14-35)19-27(38)36(2)24-10-8-23(9-11-24)33-29(21-5-3-20(18-32)4-6-21)28-25-12-7-22(31)17-26(25)34-30(28)39/h3-12,17,28H,13-16,18-19,32H2,1-2H3,(H,34,39). The Morgan fingerprint density at radius 2 is 1.74 bits per heavy atom. The van der Waals surface area contributed by atoms with Gasteiger partial charge in [0.1, 0.15) is 5.92 Å². The van der Waals surface area contributed by atoms with Gasteiger partial charge >= 0.3 is 0 Å². The van der Waals surface area contributed by atoms with Crippen LogP contribution in [0, 0.1) is 0 Å². The highest BCUT2D eigenvalue weighted by Crippen LogP contribution is 2.38. The molecule has 1 saturated heterocycles. The number of likely N-dealkylation sites (N-methyl/N-ethyl adjacent to an activating group) is 2. The Balaban J connectivity index is 1.41. The average Bonchev–Trinajstić information content (AvgIpc) is 3.27. The largest absolute Gasteiger partial charge is 0.326 e. The van der Waals surface area contributed by atoms with Gasteiger partial charge in [-0.1, -0.05) is 41.9 Å². The lowest BCUT2D eigenvalue weighted by molar-refractivity contribution is -0.120. The van der Waals surface area contributed by atoms with Crippen LogP contribution in [0.4, 0.5) is 17.1 Å². The van der Waals surface area contributed by atoms with E-state index in [0.29, 0.717) is 35.2 Å². The maximum absolute atomic E-state index is 13.2. The van der Waals surface area contributed by atoms with E-state index in [2.05, 4.69) is 22.2 Å². The Kier molecular flexibility index (Phi) is 8.09. The van der Waals surface area contributed by atoms with E-state index in [1.807, 2.05) is 54.6 Å². The summed E-state index contributed by atoms with van der Waals surface area (Å²) in [7, 11) is 3.90. The molecule has 0 aliphatic carbocycles. The van der Waals surface area contributed by atoms with Gasteiger partial charge in [-0.05, 0) is 60.1 Å². The topological polar surface area (TPSA) is 94.3 Å². The van der Waals surface area contributed by atoms with Crippen LogP contribution in [-0.4, -0.2) is 74.1 Å². The summed E-state index contributed by atoms with van der Waals surface area (Å²) in [6.07, 6.45) is 0. The van der Waals surface area contributed by atoms with Crippen LogP contribution >= 0.6 is 11.6 Å². The van der Waals surface area contributed by atoms with Gasteiger partial charge in [-0.2, -0.15) is 0 Å². The number of rotatable bonds is 7. The van der Waals surface area contributed by atoms with Gasteiger partial charge in [0.15, 0.2) is 0 Å². The highest BCUT2D eigenvalue weighted by molar-refractivity contribution is 6.31. The fourth-order valence-electron chi connectivity index (χ4n) is 4.95. The summed E-state index contributed by atoms with van der Waals surface area (Å²) >= 11 is 6.18. The van der Waals surface area contributed by atoms with E-state index >= 15 is 0 Å². The van der Waals surface area contributed by atoms with E-state index in [1.165, 1.54) is 0 Å². The molecule has 2 heterocycles. The number of anilines is 2.